The summed E-state index contributed by atoms with van der Waals surface area (Å²) in [5, 5.41) is 3.16. The number of hydrogen-bond donors (Lipinski definition) is 1. The van der Waals surface area contributed by atoms with Crippen molar-refractivity contribution in [3.63, 3.8) is 0 Å². The predicted molar refractivity (Wildman–Crippen MR) is 82.0 cm³/mol. The number of hydrogen-bond acceptors (Lipinski definition) is 2. The fourth-order valence-electron chi connectivity index (χ4n) is 2.57. The first-order chi connectivity index (χ1) is 9.65. The van der Waals surface area contributed by atoms with Gasteiger partial charge in [0, 0.05) is 0 Å². The molecule has 1 aliphatic rings. The average Bonchev–Trinajstić information content (AvgIpc) is 2.46. The average molecular weight is 266 g/mol. The Labute approximate surface area is 119 Å². The van der Waals surface area contributed by atoms with Crippen LogP contribution in [-0.2, 0) is 11.3 Å². The SMILES string of the molecule is Cc1ccc(C)c(CN2C(=O)CNc3ccccc32)c1. The van der Waals surface area contributed by atoms with Crippen molar-refractivity contribution in [2.75, 3.05) is 16.8 Å². The van der Waals surface area contributed by atoms with E-state index < -0.39 is 0 Å². The molecule has 3 heteroatoms. The summed E-state index contributed by atoms with van der Waals surface area (Å²) in [6.07, 6.45) is 0. The van der Waals surface area contributed by atoms with Crippen molar-refractivity contribution in [3.05, 3.63) is 59.2 Å². The van der Waals surface area contributed by atoms with E-state index in [4.69, 9.17) is 0 Å². The van der Waals surface area contributed by atoms with Crippen LogP contribution in [0.4, 0.5) is 11.4 Å². The Balaban J connectivity index is 1.97. The lowest BCUT2D eigenvalue weighted by atomic mass is 10.0. The second-order valence-corrected chi connectivity index (χ2v) is 5.28. The molecule has 0 bridgehead atoms. The molecule has 1 amide bonds. The number of anilines is 2. The summed E-state index contributed by atoms with van der Waals surface area (Å²) in [7, 11) is 0. The Morgan fingerprint density at radius 2 is 1.95 bits per heavy atom. The molecule has 0 unspecified atom stereocenters. The summed E-state index contributed by atoms with van der Waals surface area (Å²) >= 11 is 0. The third-order valence-electron chi connectivity index (χ3n) is 3.76. The van der Waals surface area contributed by atoms with Gasteiger partial charge < -0.3 is 10.2 Å². The van der Waals surface area contributed by atoms with Crippen LogP contribution in [0.2, 0.25) is 0 Å². The highest BCUT2D eigenvalue weighted by atomic mass is 16.2. The summed E-state index contributed by atoms with van der Waals surface area (Å²) in [5.74, 6) is 0.115. The van der Waals surface area contributed by atoms with Crippen LogP contribution < -0.4 is 10.2 Å². The standard InChI is InChI=1S/C17H18N2O/c1-12-7-8-13(2)14(9-12)11-19-16-6-4-3-5-15(16)18-10-17(19)20/h3-9,18H,10-11H2,1-2H3. The molecule has 2 aromatic carbocycles. The molecule has 1 N–H and O–H groups in total. The maximum atomic E-state index is 12.2. The molecule has 0 saturated carbocycles. The van der Waals surface area contributed by atoms with Gasteiger partial charge in [-0.25, -0.2) is 0 Å². The first kappa shape index (κ1) is 12.7. The number of carbonyl (C=O) groups is 1. The predicted octanol–water partition coefficient (Wildman–Crippen LogP) is 3.26. The highest BCUT2D eigenvalue weighted by Gasteiger charge is 2.23. The van der Waals surface area contributed by atoms with E-state index in [1.165, 1.54) is 16.7 Å². The molecule has 0 radical (unpaired) electrons. The van der Waals surface area contributed by atoms with Gasteiger partial charge in [-0.05, 0) is 37.1 Å². The second kappa shape index (κ2) is 5.00. The zero-order valence-corrected chi connectivity index (χ0v) is 11.8. The minimum absolute atomic E-state index is 0.115. The fraction of sp³-hybridized carbons (Fsp3) is 0.235. The van der Waals surface area contributed by atoms with Crippen molar-refractivity contribution in [2.45, 2.75) is 20.4 Å². The van der Waals surface area contributed by atoms with Crippen LogP contribution in [0.1, 0.15) is 16.7 Å². The summed E-state index contributed by atoms with van der Waals surface area (Å²) in [6.45, 7) is 5.16. The van der Waals surface area contributed by atoms with Crippen molar-refractivity contribution in [2.24, 2.45) is 0 Å². The van der Waals surface area contributed by atoms with Crippen LogP contribution in [-0.4, -0.2) is 12.5 Å². The van der Waals surface area contributed by atoms with Gasteiger partial charge in [-0.1, -0.05) is 35.9 Å². The van der Waals surface area contributed by atoms with Crippen molar-refractivity contribution in [1.82, 2.24) is 0 Å². The molecule has 1 aliphatic heterocycles. The quantitative estimate of drug-likeness (QED) is 0.905. The first-order valence-corrected chi connectivity index (χ1v) is 6.84. The zero-order chi connectivity index (χ0) is 14.1. The largest absolute Gasteiger partial charge is 0.374 e. The summed E-state index contributed by atoms with van der Waals surface area (Å²) in [6, 6.07) is 14.3. The van der Waals surface area contributed by atoms with Crippen molar-refractivity contribution >= 4 is 17.3 Å². The minimum atomic E-state index is 0.115. The van der Waals surface area contributed by atoms with Gasteiger partial charge >= 0.3 is 0 Å². The number of para-hydroxylation sites is 2. The molecule has 3 rings (SSSR count). The lowest BCUT2D eigenvalue weighted by molar-refractivity contribution is -0.117. The van der Waals surface area contributed by atoms with Crippen molar-refractivity contribution < 1.29 is 4.79 Å². The van der Waals surface area contributed by atoms with Gasteiger partial charge in [0.1, 0.15) is 0 Å². The Morgan fingerprint density at radius 3 is 2.80 bits per heavy atom. The molecule has 0 saturated heterocycles. The molecule has 0 atom stereocenters. The van der Waals surface area contributed by atoms with E-state index >= 15 is 0 Å². The van der Waals surface area contributed by atoms with Crippen LogP contribution >= 0.6 is 0 Å². The van der Waals surface area contributed by atoms with Gasteiger partial charge in [0.15, 0.2) is 0 Å². The van der Waals surface area contributed by atoms with E-state index in [2.05, 4.69) is 37.4 Å². The molecule has 1 heterocycles. The zero-order valence-electron chi connectivity index (χ0n) is 11.8. The number of amides is 1. The van der Waals surface area contributed by atoms with Gasteiger partial charge in [0.2, 0.25) is 5.91 Å². The van der Waals surface area contributed by atoms with Crippen LogP contribution in [0.15, 0.2) is 42.5 Å². The molecule has 0 fully saturated rings. The lowest BCUT2D eigenvalue weighted by Crippen LogP contribution is -2.39. The first-order valence-electron chi connectivity index (χ1n) is 6.84. The van der Waals surface area contributed by atoms with E-state index in [1.54, 1.807) is 0 Å². The van der Waals surface area contributed by atoms with Gasteiger partial charge in [-0.2, -0.15) is 0 Å². The Bertz CT molecular complexity index is 664. The molecule has 2 aromatic rings. The van der Waals surface area contributed by atoms with E-state index in [0.29, 0.717) is 13.1 Å². The maximum Gasteiger partial charge on any atom is 0.246 e. The highest BCUT2D eigenvalue weighted by Crippen LogP contribution is 2.30. The molecule has 0 aliphatic carbocycles. The van der Waals surface area contributed by atoms with Crippen LogP contribution in [0.3, 0.4) is 0 Å². The normalized spacial score (nSPS) is 13.9. The molecular weight excluding hydrogens is 248 g/mol. The minimum Gasteiger partial charge on any atom is -0.374 e. The number of carbonyl (C=O) groups excluding carboxylic acids is 1. The maximum absolute atomic E-state index is 12.2. The highest BCUT2D eigenvalue weighted by molar-refractivity contribution is 6.02. The number of rotatable bonds is 2. The number of nitrogens with one attached hydrogen (secondary N) is 1. The Kier molecular flexibility index (Phi) is 3.18. The number of benzene rings is 2. The molecular formula is C17H18N2O. The summed E-state index contributed by atoms with van der Waals surface area (Å²) in [4.78, 5) is 14.1. The van der Waals surface area contributed by atoms with Gasteiger partial charge in [-0.15, -0.1) is 0 Å². The van der Waals surface area contributed by atoms with Gasteiger partial charge in [0.25, 0.3) is 0 Å². The lowest BCUT2D eigenvalue weighted by Gasteiger charge is -2.30. The number of fused-ring (bicyclic) bond motifs is 1. The van der Waals surface area contributed by atoms with E-state index in [0.717, 1.165) is 11.4 Å². The Hall–Kier alpha value is -2.29. The third-order valence-corrected chi connectivity index (χ3v) is 3.76. The molecule has 3 nitrogen and oxygen atoms in total. The molecule has 0 spiro atoms. The molecule has 20 heavy (non-hydrogen) atoms. The monoisotopic (exact) mass is 266 g/mol. The summed E-state index contributed by atoms with van der Waals surface area (Å²) < 4.78 is 0. The molecule has 0 aromatic heterocycles. The van der Waals surface area contributed by atoms with E-state index in [9.17, 15) is 4.79 Å². The summed E-state index contributed by atoms with van der Waals surface area (Å²) in [5.41, 5.74) is 5.64. The number of nitrogens with zero attached hydrogens (tertiary/aromatic N) is 1. The van der Waals surface area contributed by atoms with Crippen molar-refractivity contribution in [1.29, 1.82) is 0 Å². The van der Waals surface area contributed by atoms with E-state index in [1.807, 2.05) is 29.2 Å². The third kappa shape index (κ3) is 2.27. The topological polar surface area (TPSA) is 32.3 Å². The second-order valence-electron chi connectivity index (χ2n) is 5.28. The fourth-order valence-corrected chi connectivity index (χ4v) is 2.57. The van der Waals surface area contributed by atoms with Gasteiger partial charge in [-0.3, -0.25) is 4.79 Å². The van der Waals surface area contributed by atoms with Gasteiger partial charge in [0.05, 0.1) is 24.5 Å². The Morgan fingerprint density at radius 1 is 1.15 bits per heavy atom. The van der Waals surface area contributed by atoms with Crippen molar-refractivity contribution in [3.8, 4) is 0 Å². The van der Waals surface area contributed by atoms with Crippen LogP contribution in [0.25, 0.3) is 0 Å². The molecule has 102 valence electrons. The van der Waals surface area contributed by atoms with E-state index in [-0.39, 0.29) is 5.91 Å². The van der Waals surface area contributed by atoms with Crippen LogP contribution in [0, 0.1) is 13.8 Å². The smallest absolute Gasteiger partial charge is 0.246 e. The van der Waals surface area contributed by atoms with Crippen LogP contribution in [0.5, 0.6) is 0 Å². The number of aryl methyl sites for hydroxylation is 2.